The topological polar surface area (TPSA) is 66.9 Å². The third-order valence-corrected chi connectivity index (χ3v) is 3.86. The molecule has 1 atom stereocenters. The SMILES string of the molecule is CC[P+](=O)c1ccccc1.N=C(N)c1ccccc1. The van der Waals surface area contributed by atoms with E-state index < -0.39 is 7.80 Å². The van der Waals surface area contributed by atoms with Crippen molar-refractivity contribution in [2.24, 2.45) is 5.73 Å². The van der Waals surface area contributed by atoms with Crippen LogP contribution >= 0.6 is 7.80 Å². The van der Waals surface area contributed by atoms with Gasteiger partial charge in [-0.2, -0.15) is 0 Å². The maximum Gasteiger partial charge on any atom is 0.376 e. The zero-order chi connectivity index (χ0) is 14.1. The Hall–Kier alpha value is -1.99. The number of hydrogen-bond donors (Lipinski definition) is 2. The number of hydrogen-bond acceptors (Lipinski definition) is 2. The molecule has 0 bridgehead atoms. The van der Waals surface area contributed by atoms with Crippen molar-refractivity contribution in [1.29, 1.82) is 5.41 Å². The van der Waals surface area contributed by atoms with Crippen LogP contribution in [0.25, 0.3) is 0 Å². The molecule has 2 aromatic carbocycles. The van der Waals surface area contributed by atoms with Crippen molar-refractivity contribution < 1.29 is 4.57 Å². The third-order valence-electron chi connectivity index (χ3n) is 2.42. The van der Waals surface area contributed by atoms with Gasteiger partial charge in [-0.15, -0.1) is 0 Å². The second-order valence-corrected chi connectivity index (χ2v) is 5.72. The predicted octanol–water partition coefficient (Wildman–Crippen LogP) is 3.13. The summed E-state index contributed by atoms with van der Waals surface area (Å²) in [5.74, 6) is 0.121. The molecule has 98 valence electrons. The van der Waals surface area contributed by atoms with Crippen LogP contribution in [-0.4, -0.2) is 12.0 Å². The Morgan fingerprint density at radius 3 is 1.89 bits per heavy atom. The summed E-state index contributed by atoms with van der Waals surface area (Å²) in [5, 5.41) is 7.97. The Balaban J connectivity index is 0.000000191. The molecule has 0 saturated carbocycles. The lowest BCUT2D eigenvalue weighted by atomic mass is 10.2. The maximum atomic E-state index is 11.2. The Morgan fingerprint density at radius 1 is 1.05 bits per heavy atom. The molecule has 0 radical (unpaired) electrons. The highest BCUT2D eigenvalue weighted by Crippen LogP contribution is 2.17. The van der Waals surface area contributed by atoms with Gasteiger partial charge < -0.3 is 5.73 Å². The molecular weight excluding hydrogens is 255 g/mol. The largest absolute Gasteiger partial charge is 0.384 e. The van der Waals surface area contributed by atoms with Crippen molar-refractivity contribution in [1.82, 2.24) is 0 Å². The average molecular weight is 273 g/mol. The van der Waals surface area contributed by atoms with Gasteiger partial charge in [0.1, 0.15) is 12.0 Å². The first kappa shape index (κ1) is 15.1. The number of amidine groups is 1. The molecule has 2 rings (SSSR count). The van der Waals surface area contributed by atoms with Crippen LogP contribution < -0.4 is 11.0 Å². The van der Waals surface area contributed by atoms with E-state index in [1.165, 1.54) is 0 Å². The zero-order valence-corrected chi connectivity index (χ0v) is 11.8. The van der Waals surface area contributed by atoms with Gasteiger partial charge in [0, 0.05) is 5.56 Å². The van der Waals surface area contributed by atoms with Gasteiger partial charge in [0.15, 0.2) is 5.30 Å². The van der Waals surface area contributed by atoms with Gasteiger partial charge in [-0.05, 0) is 19.1 Å². The summed E-state index contributed by atoms with van der Waals surface area (Å²) in [6, 6.07) is 18.8. The molecule has 0 aliphatic heterocycles. The van der Waals surface area contributed by atoms with Crippen molar-refractivity contribution in [2.75, 3.05) is 6.16 Å². The van der Waals surface area contributed by atoms with Crippen LogP contribution in [0.3, 0.4) is 0 Å². The molecule has 0 aliphatic carbocycles. The lowest BCUT2D eigenvalue weighted by Crippen LogP contribution is -2.10. The van der Waals surface area contributed by atoms with Crippen molar-refractivity contribution in [3.8, 4) is 0 Å². The molecule has 0 saturated heterocycles. The van der Waals surface area contributed by atoms with Crippen LogP contribution in [0.1, 0.15) is 12.5 Å². The number of benzene rings is 2. The van der Waals surface area contributed by atoms with Crippen LogP contribution in [-0.2, 0) is 4.57 Å². The fourth-order valence-corrected chi connectivity index (χ4v) is 2.26. The van der Waals surface area contributed by atoms with Crippen LogP contribution in [0.4, 0.5) is 0 Å². The third kappa shape index (κ3) is 5.45. The van der Waals surface area contributed by atoms with Crippen molar-refractivity contribution in [3.63, 3.8) is 0 Å². The first-order valence-corrected chi connectivity index (χ1v) is 7.48. The van der Waals surface area contributed by atoms with Gasteiger partial charge in [0.05, 0.1) is 0 Å². The minimum Gasteiger partial charge on any atom is -0.384 e. The normalized spacial score (nSPS) is 10.1. The van der Waals surface area contributed by atoms with Crippen molar-refractivity contribution in [2.45, 2.75) is 6.92 Å². The van der Waals surface area contributed by atoms with Crippen LogP contribution in [0, 0.1) is 5.41 Å². The summed E-state index contributed by atoms with van der Waals surface area (Å²) in [6.45, 7) is 1.94. The van der Waals surface area contributed by atoms with E-state index in [4.69, 9.17) is 11.1 Å². The van der Waals surface area contributed by atoms with Gasteiger partial charge in [-0.3, -0.25) is 5.41 Å². The summed E-state index contributed by atoms with van der Waals surface area (Å²) >= 11 is 0. The molecule has 0 fully saturated rings. The molecule has 3 N–H and O–H groups in total. The Labute approximate surface area is 114 Å². The van der Waals surface area contributed by atoms with E-state index >= 15 is 0 Å². The maximum absolute atomic E-state index is 11.2. The molecule has 19 heavy (non-hydrogen) atoms. The Morgan fingerprint density at radius 2 is 1.53 bits per heavy atom. The highest BCUT2D eigenvalue weighted by molar-refractivity contribution is 7.53. The predicted molar refractivity (Wildman–Crippen MR) is 81.7 cm³/mol. The minimum atomic E-state index is -1.12. The highest BCUT2D eigenvalue weighted by atomic mass is 31.1. The second-order valence-electron chi connectivity index (χ2n) is 3.81. The lowest BCUT2D eigenvalue weighted by Gasteiger charge is -1.93. The summed E-state index contributed by atoms with van der Waals surface area (Å²) < 4.78 is 11.2. The standard InChI is InChI=1S/C8H10OP.C7H8N2/c1-2-10(9)8-6-4-3-5-7-8;8-7(9)6-4-2-1-3-5-6/h3-7H,2H2,1H3;1-5H,(H3,8,9)/q+1;. The second kappa shape index (κ2) is 8.17. The van der Waals surface area contributed by atoms with Gasteiger partial charge in [0.25, 0.3) is 0 Å². The minimum absolute atomic E-state index is 0.121. The van der Waals surface area contributed by atoms with Crippen LogP contribution in [0.5, 0.6) is 0 Å². The monoisotopic (exact) mass is 273 g/mol. The summed E-state index contributed by atoms with van der Waals surface area (Å²) in [4.78, 5) is 0. The molecule has 1 unspecified atom stereocenters. The van der Waals surface area contributed by atoms with Gasteiger partial charge >= 0.3 is 7.80 Å². The van der Waals surface area contributed by atoms with E-state index in [-0.39, 0.29) is 5.84 Å². The fraction of sp³-hybridized carbons (Fsp3) is 0.133. The Bertz CT molecular complexity index is 526. The van der Waals surface area contributed by atoms with Crippen molar-refractivity contribution in [3.05, 3.63) is 66.2 Å². The highest BCUT2D eigenvalue weighted by Gasteiger charge is 2.13. The molecule has 2 aromatic rings. The molecule has 0 aromatic heterocycles. The van der Waals surface area contributed by atoms with Gasteiger partial charge in [-0.25, -0.2) is 0 Å². The Kier molecular flexibility index (Phi) is 6.48. The zero-order valence-electron chi connectivity index (χ0n) is 10.9. The van der Waals surface area contributed by atoms with E-state index in [2.05, 4.69) is 0 Å². The van der Waals surface area contributed by atoms with Gasteiger partial charge in [-0.1, -0.05) is 53.1 Å². The smallest absolute Gasteiger partial charge is 0.376 e. The summed E-state index contributed by atoms with van der Waals surface area (Å²) in [7, 11) is -1.12. The summed E-state index contributed by atoms with van der Waals surface area (Å²) in [5.41, 5.74) is 5.97. The lowest BCUT2D eigenvalue weighted by molar-refractivity contribution is 0.594. The number of rotatable bonds is 3. The van der Waals surface area contributed by atoms with E-state index in [0.717, 1.165) is 17.0 Å². The first-order valence-electron chi connectivity index (χ1n) is 6.04. The van der Waals surface area contributed by atoms with Gasteiger partial charge in [0.2, 0.25) is 0 Å². The molecule has 0 heterocycles. The van der Waals surface area contributed by atoms with E-state index in [1.54, 1.807) is 0 Å². The molecule has 4 heteroatoms. The quantitative estimate of drug-likeness (QED) is 0.512. The molecular formula is C15H18N2OP+. The van der Waals surface area contributed by atoms with Crippen LogP contribution in [0.2, 0.25) is 0 Å². The fourth-order valence-electron chi connectivity index (χ4n) is 1.39. The van der Waals surface area contributed by atoms with Crippen molar-refractivity contribution >= 4 is 18.9 Å². The molecule has 0 amide bonds. The van der Waals surface area contributed by atoms with Crippen LogP contribution in [0.15, 0.2) is 60.7 Å². The number of nitrogens with two attached hydrogens (primary N) is 1. The molecule has 3 nitrogen and oxygen atoms in total. The summed E-state index contributed by atoms with van der Waals surface area (Å²) in [6.07, 6.45) is 0.735. The van der Waals surface area contributed by atoms with E-state index in [9.17, 15) is 4.57 Å². The van der Waals surface area contributed by atoms with E-state index in [0.29, 0.717) is 0 Å². The molecule has 0 aliphatic rings. The molecule has 0 spiro atoms. The number of nitrogens with one attached hydrogen (secondary N) is 1. The number of nitrogen functional groups attached to an aromatic ring is 1. The first-order chi connectivity index (χ1) is 9.15. The van der Waals surface area contributed by atoms with E-state index in [1.807, 2.05) is 67.6 Å². The average Bonchev–Trinajstić information content (AvgIpc) is 2.49.